The largest absolute Gasteiger partial charge is 0.476 e. The van der Waals surface area contributed by atoms with Crippen molar-refractivity contribution in [2.75, 3.05) is 5.32 Å². The van der Waals surface area contributed by atoms with Crippen LogP contribution in [0.2, 0.25) is 0 Å². The normalized spacial score (nSPS) is 10.6. The minimum Gasteiger partial charge on any atom is -0.476 e. The molecule has 5 nitrogen and oxygen atoms in total. The first-order valence-corrected chi connectivity index (χ1v) is 7.41. The summed E-state index contributed by atoms with van der Waals surface area (Å²) in [6, 6.07) is 7.67. The van der Waals surface area contributed by atoms with Crippen molar-refractivity contribution in [3.63, 3.8) is 0 Å². The van der Waals surface area contributed by atoms with E-state index in [0.29, 0.717) is 10.9 Å². The molecule has 0 saturated heterocycles. The molecular formula is C15H16N2O3S. The Labute approximate surface area is 126 Å². The summed E-state index contributed by atoms with van der Waals surface area (Å²) in [7, 11) is 0. The molecule has 110 valence electrons. The number of aromatic carboxylic acids is 1. The van der Waals surface area contributed by atoms with E-state index in [4.69, 9.17) is 5.11 Å². The fourth-order valence-electron chi connectivity index (χ4n) is 1.78. The quantitative estimate of drug-likeness (QED) is 0.889. The molecule has 0 fully saturated rings. The number of carboxylic acid groups (broad SMARTS) is 1. The van der Waals surface area contributed by atoms with Crippen molar-refractivity contribution < 1.29 is 14.7 Å². The summed E-state index contributed by atoms with van der Waals surface area (Å²) in [4.78, 5) is 26.5. The van der Waals surface area contributed by atoms with Crippen molar-refractivity contribution in [1.29, 1.82) is 0 Å². The van der Waals surface area contributed by atoms with Gasteiger partial charge in [0.05, 0.1) is 6.42 Å². The van der Waals surface area contributed by atoms with Gasteiger partial charge in [0, 0.05) is 11.1 Å². The number of amides is 1. The monoisotopic (exact) mass is 304 g/mol. The van der Waals surface area contributed by atoms with Gasteiger partial charge in [0.2, 0.25) is 5.91 Å². The third kappa shape index (κ3) is 4.13. The maximum atomic E-state index is 11.9. The number of nitrogens with one attached hydrogen (secondary N) is 1. The van der Waals surface area contributed by atoms with Crippen molar-refractivity contribution in [2.24, 2.45) is 0 Å². The van der Waals surface area contributed by atoms with Gasteiger partial charge in [-0.05, 0) is 23.6 Å². The van der Waals surface area contributed by atoms with Gasteiger partial charge >= 0.3 is 5.97 Å². The second-order valence-corrected chi connectivity index (χ2v) is 5.88. The average Bonchev–Trinajstić information content (AvgIpc) is 2.87. The summed E-state index contributed by atoms with van der Waals surface area (Å²) in [5, 5.41) is 13.5. The third-order valence-electron chi connectivity index (χ3n) is 2.94. The van der Waals surface area contributed by atoms with Crippen molar-refractivity contribution in [1.82, 2.24) is 4.98 Å². The number of benzene rings is 1. The van der Waals surface area contributed by atoms with Crippen LogP contribution in [0, 0.1) is 0 Å². The van der Waals surface area contributed by atoms with Gasteiger partial charge in [-0.3, -0.25) is 4.79 Å². The Morgan fingerprint density at radius 3 is 2.48 bits per heavy atom. The Kier molecular flexibility index (Phi) is 4.70. The highest BCUT2D eigenvalue weighted by Gasteiger charge is 2.12. The number of hydrogen-bond acceptors (Lipinski definition) is 4. The summed E-state index contributed by atoms with van der Waals surface area (Å²) in [5.41, 5.74) is 1.91. The Morgan fingerprint density at radius 2 is 1.95 bits per heavy atom. The molecule has 2 aromatic rings. The Hall–Kier alpha value is -2.21. The summed E-state index contributed by atoms with van der Waals surface area (Å²) in [6.45, 7) is 4.21. The van der Waals surface area contributed by atoms with Crippen molar-refractivity contribution >= 4 is 28.9 Å². The molecule has 0 radical (unpaired) electrons. The van der Waals surface area contributed by atoms with Crippen LogP contribution in [0.5, 0.6) is 0 Å². The topological polar surface area (TPSA) is 79.3 Å². The van der Waals surface area contributed by atoms with E-state index >= 15 is 0 Å². The maximum Gasteiger partial charge on any atom is 0.355 e. The zero-order valence-corrected chi connectivity index (χ0v) is 12.6. The number of aromatic nitrogens is 1. The second-order valence-electron chi connectivity index (χ2n) is 4.93. The lowest BCUT2D eigenvalue weighted by Crippen LogP contribution is -2.14. The summed E-state index contributed by atoms with van der Waals surface area (Å²) < 4.78 is 0. The van der Waals surface area contributed by atoms with Gasteiger partial charge in [0.15, 0.2) is 5.69 Å². The highest BCUT2D eigenvalue weighted by molar-refractivity contribution is 7.09. The average molecular weight is 304 g/mol. The molecule has 0 unspecified atom stereocenters. The third-order valence-corrected chi connectivity index (χ3v) is 3.79. The number of anilines is 1. The molecule has 2 N–H and O–H groups in total. The Morgan fingerprint density at radius 1 is 1.29 bits per heavy atom. The molecule has 0 bridgehead atoms. The highest BCUT2D eigenvalue weighted by Crippen LogP contribution is 2.17. The van der Waals surface area contributed by atoms with E-state index in [9.17, 15) is 9.59 Å². The number of nitrogens with zero attached hydrogens (tertiary/aromatic N) is 1. The molecule has 0 atom stereocenters. The maximum absolute atomic E-state index is 11.9. The molecule has 1 heterocycles. The lowest BCUT2D eigenvalue weighted by molar-refractivity contribution is -0.115. The number of carbonyl (C=O) groups is 2. The van der Waals surface area contributed by atoms with E-state index in [0.717, 1.165) is 5.69 Å². The standard InChI is InChI=1S/C15H16N2O3S/c1-9(2)10-3-5-11(6-4-10)16-13(18)7-14-17-12(8-21-14)15(19)20/h3-6,8-9H,7H2,1-2H3,(H,16,18)(H,19,20). The minimum absolute atomic E-state index is 0.0240. The summed E-state index contributed by atoms with van der Waals surface area (Å²) >= 11 is 1.17. The van der Waals surface area contributed by atoms with Crippen LogP contribution in [0.25, 0.3) is 0 Å². The van der Waals surface area contributed by atoms with Crippen LogP contribution < -0.4 is 5.32 Å². The predicted molar refractivity (Wildman–Crippen MR) is 81.9 cm³/mol. The molecule has 0 aliphatic rings. The van der Waals surface area contributed by atoms with Crippen molar-refractivity contribution in [3.8, 4) is 0 Å². The minimum atomic E-state index is -1.08. The highest BCUT2D eigenvalue weighted by atomic mass is 32.1. The summed E-state index contributed by atoms with van der Waals surface area (Å²) in [6.07, 6.45) is 0.0733. The van der Waals surface area contributed by atoms with E-state index in [1.807, 2.05) is 24.3 Å². The van der Waals surface area contributed by atoms with Crippen molar-refractivity contribution in [2.45, 2.75) is 26.2 Å². The SMILES string of the molecule is CC(C)c1ccc(NC(=O)Cc2nc(C(=O)O)cs2)cc1. The number of thiazole rings is 1. The first-order valence-electron chi connectivity index (χ1n) is 6.53. The van der Waals surface area contributed by atoms with Crippen LogP contribution in [0.4, 0.5) is 5.69 Å². The van der Waals surface area contributed by atoms with Crippen LogP contribution in [0.3, 0.4) is 0 Å². The van der Waals surface area contributed by atoms with E-state index in [2.05, 4.69) is 24.1 Å². The smallest absolute Gasteiger partial charge is 0.355 e. The zero-order valence-electron chi connectivity index (χ0n) is 11.8. The number of rotatable bonds is 5. The first-order chi connectivity index (χ1) is 9.95. The zero-order chi connectivity index (χ0) is 15.4. The van der Waals surface area contributed by atoms with Crippen LogP contribution in [-0.4, -0.2) is 22.0 Å². The van der Waals surface area contributed by atoms with Gasteiger partial charge in [-0.25, -0.2) is 9.78 Å². The molecule has 0 spiro atoms. The van der Waals surface area contributed by atoms with Gasteiger partial charge in [0.25, 0.3) is 0 Å². The molecule has 0 aliphatic heterocycles. The molecule has 1 amide bonds. The van der Waals surface area contributed by atoms with E-state index in [1.165, 1.54) is 22.3 Å². The Balaban J connectivity index is 1.96. The predicted octanol–water partition coefficient (Wildman–Crippen LogP) is 3.15. The first kappa shape index (κ1) is 15.2. The van der Waals surface area contributed by atoms with Crippen LogP contribution in [0.1, 0.15) is 40.8 Å². The van der Waals surface area contributed by atoms with Gasteiger partial charge in [-0.1, -0.05) is 26.0 Å². The van der Waals surface area contributed by atoms with E-state index < -0.39 is 5.97 Å². The molecule has 21 heavy (non-hydrogen) atoms. The van der Waals surface area contributed by atoms with Crippen LogP contribution >= 0.6 is 11.3 Å². The van der Waals surface area contributed by atoms with Crippen LogP contribution in [0.15, 0.2) is 29.6 Å². The van der Waals surface area contributed by atoms with Gasteiger partial charge in [-0.2, -0.15) is 0 Å². The molecule has 0 saturated carbocycles. The lowest BCUT2D eigenvalue weighted by Gasteiger charge is -2.07. The van der Waals surface area contributed by atoms with Gasteiger partial charge in [0.1, 0.15) is 5.01 Å². The van der Waals surface area contributed by atoms with Crippen molar-refractivity contribution in [3.05, 3.63) is 45.9 Å². The Bertz CT molecular complexity index is 647. The fraction of sp³-hybridized carbons (Fsp3) is 0.267. The molecule has 2 rings (SSSR count). The van der Waals surface area contributed by atoms with Gasteiger partial charge in [-0.15, -0.1) is 11.3 Å². The molecular weight excluding hydrogens is 288 g/mol. The number of hydrogen-bond donors (Lipinski definition) is 2. The molecule has 6 heteroatoms. The fourth-order valence-corrected chi connectivity index (χ4v) is 2.55. The second kappa shape index (κ2) is 6.49. The molecule has 1 aromatic heterocycles. The van der Waals surface area contributed by atoms with E-state index in [-0.39, 0.29) is 18.0 Å². The summed E-state index contributed by atoms with van der Waals surface area (Å²) in [5.74, 6) is -0.847. The lowest BCUT2D eigenvalue weighted by atomic mass is 10.0. The number of carboxylic acids is 1. The van der Waals surface area contributed by atoms with Gasteiger partial charge < -0.3 is 10.4 Å². The molecule has 0 aliphatic carbocycles. The van der Waals surface area contributed by atoms with E-state index in [1.54, 1.807) is 0 Å². The number of carbonyl (C=O) groups excluding carboxylic acids is 1. The van der Waals surface area contributed by atoms with Crippen LogP contribution in [-0.2, 0) is 11.2 Å². The molecule has 1 aromatic carbocycles.